The molecule has 0 aliphatic heterocycles. The Morgan fingerprint density at radius 3 is 2.43 bits per heavy atom. The Morgan fingerprint density at radius 2 is 1.81 bits per heavy atom. The van der Waals surface area contributed by atoms with E-state index in [9.17, 15) is 8.42 Å². The molecule has 1 saturated carbocycles. The van der Waals surface area contributed by atoms with E-state index in [4.69, 9.17) is 0 Å². The van der Waals surface area contributed by atoms with E-state index in [1.54, 1.807) is 0 Å². The second-order valence-corrected chi connectivity index (χ2v) is 8.96. The van der Waals surface area contributed by atoms with Gasteiger partial charge in [0, 0.05) is 12.3 Å². The zero-order chi connectivity index (χ0) is 14.9. The van der Waals surface area contributed by atoms with Crippen molar-refractivity contribution in [2.45, 2.75) is 49.8 Å². The van der Waals surface area contributed by atoms with Crippen LogP contribution in [0.5, 0.6) is 0 Å². The van der Waals surface area contributed by atoms with E-state index in [1.165, 1.54) is 30.2 Å². The number of hydrogen-bond donors (Lipinski definition) is 1. The summed E-state index contributed by atoms with van der Waals surface area (Å²) in [5.41, 5.74) is 3.00. The second kappa shape index (κ2) is 6.09. The fourth-order valence-corrected chi connectivity index (χ4v) is 5.42. The maximum absolute atomic E-state index is 11.8. The zero-order valence-corrected chi connectivity index (χ0v) is 13.5. The van der Waals surface area contributed by atoms with Gasteiger partial charge in [-0.25, -0.2) is 8.42 Å². The van der Waals surface area contributed by atoms with Crippen molar-refractivity contribution in [2.24, 2.45) is 5.92 Å². The maximum Gasteiger partial charge on any atom is 0.151 e. The molecule has 0 heterocycles. The molecule has 0 saturated heterocycles. The van der Waals surface area contributed by atoms with Crippen LogP contribution in [0.2, 0.25) is 0 Å². The van der Waals surface area contributed by atoms with Crippen LogP contribution < -0.4 is 5.32 Å². The molecular weight excluding hydrogens is 282 g/mol. The molecule has 0 unspecified atom stereocenters. The number of benzene rings is 1. The van der Waals surface area contributed by atoms with Crippen LogP contribution >= 0.6 is 0 Å². The monoisotopic (exact) mass is 307 g/mol. The first-order chi connectivity index (χ1) is 10.0. The van der Waals surface area contributed by atoms with E-state index in [1.807, 2.05) is 0 Å². The third-order valence-corrected chi connectivity index (χ3v) is 6.76. The summed E-state index contributed by atoms with van der Waals surface area (Å²) in [6.45, 7) is 0.940. The summed E-state index contributed by atoms with van der Waals surface area (Å²) in [6, 6.07) is 8.88. The predicted molar refractivity (Wildman–Crippen MR) is 86.2 cm³/mol. The average Bonchev–Trinajstić information content (AvgIpc) is 3.03. The standard InChI is InChI=1S/C17H25NO2S/c1-21(19,20)17-8-4-7-16(17)18-10-9-13-11-14-5-2-3-6-15(14)12-13/h2-3,5-6,13,16-18H,4,7-12H2,1H3/t16-,17+/m0/s1. The van der Waals surface area contributed by atoms with Gasteiger partial charge in [-0.15, -0.1) is 0 Å². The Kier molecular flexibility index (Phi) is 4.36. The summed E-state index contributed by atoms with van der Waals surface area (Å²) >= 11 is 0. The molecule has 0 radical (unpaired) electrons. The minimum Gasteiger partial charge on any atom is -0.313 e. The van der Waals surface area contributed by atoms with Crippen LogP contribution in [0.25, 0.3) is 0 Å². The molecule has 116 valence electrons. The molecule has 1 fully saturated rings. The van der Waals surface area contributed by atoms with Crippen LogP contribution in [0, 0.1) is 5.92 Å². The zero-order valence-electron chi connectivity index (χ0n) is 12.7. The van der Waals surface area contributed by atoms with Gasteiger partial charge in [0.25, 0.3) is 0 Å². The fraction of sp³-hybridized carbons (Fsp3) is 0.647. The topological polar surface area (TPSA) is 46.2 Å². The quantitative estimate of drug-likeness (QED) is 0.908. The van der Waals surface area contributed by atoms with Gasteiger partial charge in [-0.1, -0.05) is 30.7 Å². The lowest BCUT2D eigenvalue weighted by atomic mass is 10.0. The van der Waals surface area contributed by atoms with E-state index in [2.05, 4.69) is 29.6 Å². The number of fused-ring (bicyclic) bond motifs is 1. The average molecular weight is 307 g/mol. The van der Waals surface area contributed by atoms with Gasteiger partial charge in [0.05, 0.1) is 5.25 Å². The van der Waals surface area contributed by atoms with Gasteiger partial charge >= 0.3 is 0 Å². The van der Waals surface area contributed by atoms with E-state index in [0.717, 1.165) is 32.2 Å². The minimum atomic E-state index is -2.91. The van der Waals surface area contributed by atoms with Crippen LogP contribution in [-0.2, 0) is 22.7 Å². The molecule has 3 nitrogen and oxygen atoms in total. The van der Waals surface area contributed by atoms with Gasteiger partial charge in [0.15, 0.2) is 9.84 Å². The van der Waals surface area contributed by atoms with Gasteiger partial charge < -0.3 is 5.32 Å². The van der Waals surface area contributed by atoms with E-state index in [-0.39, 0.29) is 11.3 Å². The van der Waals surface area contributed by atoms with E-state index in [0.29, 0.717) is 5.92 Å². The van der Waals surface area contributed by atoms with Crippen LogP contribution in [0.3, 0.4) is 0 Å². The molecule has 2 aliphatic rings. The lowest BCUT2D eigenvalue weighted by molar-refractivity contribution is 0.444. The number of rotatable bonds is 5. The van der Waals surface area contributed by atoms with Crippen LogP contribution in [-0.4, -0.2) is 32.5 Å². The predicted octanol–water partition coefficient (Wildman–Crippen LogP) is 2.35. The molecule has 0 spiro atoms. The molecular formula is C17H25NO2S. The first-order valence-electron chi connectivity index (χ1n) is 8.03. The van der Waals surface area contributed by atoms with E-state index < -0.39 is 9.84 Å². The normalized spacial score (nSPS) is 26.1. The Bertz CT molecular complexity index is 572. The van der Waals surface area contributed by atoms with Crippen molar-refractivity contribution < 1.29 is 8.42 Å². The van der Waals surface area contributed by atoms with Crippen LogP contribution in [0.15, 0.2) is 24.3 Å². The Balaban J connectivity index is 1.47. The van der Waals surface area contributed by atoms with Crippen molar-refractivity contribution >= 4 is 9.84 Å². The van der Waals surface area contributed by atoms with Crippen LogP contribution in [0.4, 0.5) is 0 Å². The summed E-state index contributed by atoms with van der Waals surface area (Å²) in [4.78, 5) is 0. The van der Waals surface area contributed by atoms with Gasteiger partial charge in [-0.2, -0.15) is 0 Å². The highest BCUT2D eigenvalue weighted by Crippen LogP contribution is 2.29. The maximum atomic E-state index is 11.8. The third kappa shape index (κ3) is 3.49. The molecule has 0 amide bonds. The summed E-state index contributed by atoms with van der Waals surface area (Å²) in [5.74, 6) is 0.716. The summed E-state index contributed by atoms with van der Waals surface area (Å²) in [7, 11) is -2.91. The van der Waals surface area contributed by atoms with Gasteiger partial charge in [0.2, 0.25) is 0 Å². The SMILES string of the molecule is CS(=O)(=O)[C@@H]1CCC[C@@H]1NCCC1Cc2ccccc2C1. The molecule has 1 aromatic rings. The number of hydrogen-bond acceptors (Lipinski definition) is 3. The first kappa shape index (κ1) is 15.0. The summed E-state index contributed by atoms with van der Waals surface area (Å²) in [5, 5.41) is 3.34. The highest BCUT2D eigenvalue weighted by molar-refractivity contribution is 7.91. The second-order valence-electron chi connectivity index (χ2n) is 6.69. The molecule has 0 bridgehead atoms. The van der Waals surface area contributed by atoms with Gasteiger partial charge in [-0.05, 0) is 55.7 Å². The largest absolute Gasteiger partial charge is 0.313 e. The molecule has 3 rings (SSSR count). The lowest BCUT2D eigenvalue weighted by Gasteiger charge is -2.20. The molecule has 1 aromatic carbocycles. The Morgan fingerprint density at radius 1 is 1.14 bits per heavy atom. The fourth-order valence-electron chi connectivity index (χ4n) is 4.00. The molecule has 1 N–H and O–H groups in total. The van der Waals surface area contributed by atoms with Gasteiger partial charge in [-0.3, -0.25) is 0 Å². The molecule has 0 aromatic heterocycles. The van der Waals surface area contributed by atoms with Crippen molar-refractivity contribution in [3.8, 4) is 0 Å². The van der Waals surface area contributed by atoms with Crippen molar-refractivity contribution in [1.29, 1.82) is 0 Å². The van der Waals surface area contributed by atoms with Crippen molar-refractivity contribution in [3.05, 3.63) is 35.4 Å². The first-order valence-corrected chi connectivity index (χ1v) is 9.98. The van der Waals surface area contributed by atoms with Gasteiger partial charge in [0.1, 0.15) is 0 Å². The lowest BCUT2D eigenvalue weighted by Crippen LogP contribution is -2.40. The Hall–Kier alpha value is -0.870. The van der Waals surface area contributed by atoms with Crippen molar-refractivity contribution in [1.82, 2.24) is 5.32 Å². The summed E-state index contributed by atoms with van der Waals surface area (Å²) in [6.07, 6.45) is 7.74. The minimum absolute atomic E-state index is 0.168. The highest BCUT2D eigenvalue weighted by atomic mass is 32.2. The third-order valence-electron chi connectivity index (χ3n) is 5.10. The van der Waals surface area contributed by atoms with Crippen LogP contribution in [0.1, 0.15) is 36.8 Å². The van der Waals surface area contributed by atoms with Crippen molar-refractivity contribution in [2.75, 3.05) is 12.8 Å². The van der Waals surface area contributed by atoms with Crippen molar-refractivity contribution in [3.63, 3.8) is 0 Å². The Labute approximate surface area is 128 Å². The van der Waals surface area contributed by atoms with E-state index >= 15 is 0 Å². The highest BCUT2D eigenvalue weighted by Gasteiger charge is 2.34. The number of nitrogens with one attached hydrogen (secondary N) is 1. The molecule has 2 atom stereocenters. The smallest absolute Gasteiger partial charge is 0.151 e. The summed E-state index contributed by atoms with van der Waals surface area (Å²) < 4.78 is 23.5. The molecule has 2 aliphatic carbocycles. The molecule has 21 heavy (non-hydrogen) atoms. The number of sulfone groups is 1. The molecule has 4 heteroatoms.